The summed E-state index contributed by atoms with van der Waals surface area (Å²) in [5.41, 5.74) is 1.41. The molecule has 1 saturated carbocycles. The van der Waals surface area contributed by atoms with Crippen LogP contribution in [0.15, 0.2) is 6.07 Å². The molecule has 2 amide bonds. The second-order valence-electron chi connectivity index (χ2n) is 7.88. The molecule has 1 aliphatic heterocycles. The zero-order valence-corrected chi connectivity index (χ0v) is 16.3. The Morgan fingerprint density at radius 2 is 1.77 bits per heavy atom. The van der Waals surface area contributed by atoms with Gasteiger partial charge in [0.2, 0.25) is 5.91 Å². The molecule has 1 N–H and O–H groups in total. The normalized spacial score (nSPS) is 21.6. The summed E-state index contributed by atoms with van der Waals surface area (Å²) < 4.78 is 0. The van der Waals surface area contributed by atoms with Crippen molar-refractivity contribution in [3.63, 3.8) is 0 Å². The zero-order chi connectivity index (χ0) is 17.9. The van der Waals surface area contributed by atoms with Gasteiger partial charge in [-0.25, -0.2) is 0 Å². The number of piperazine rings is 1. The molecule has 2 aliphatic carbocycles. The second-order valence-corrected chi connectivity index (χ2v) is 9.02. The van der Waals surface area contributed by atoms with Crippen LogP contribution in [0.2, 0.25) is 0 Å². The molecule has 4 rings (SSSR count). The van der Waals surface area contributed by atoms with Crippen LogP contribution in [0.3, 0.4) is 0 Å². The topological polar surface area (TPSA) is 52.7 Å². The number of fused-ring (bicyclic) bond motifs is 1. The van der Waals surface area contributed by atoms with Gasteiger partial charge in [-0.1, -0.05) is 12.8 Å². The molecule has 1 aromatic rings. The lowest BCUT2D eigenvalue weighted by Crippen LogP contribution is -2.51. The van der Waals surface area contributed by atoms with Crippen molar-refractivity contribution in [1.82, 2.24) is 15.1 Å². The van der Waals surface area contributed by atoms with Crippen LogP contribution in [0, 0.1) is 0 Å². The van der Waals surface area contributed by atoms with Crippen molar-refractivity contribution < 1.29 is 9.59 Å². The second kappa shape index (κ2) is 8.09. The Morgan fingerprint density at radius 1 is 1.04 bits per heavy atom. The van der Waals surface area contributed by atoms with E-state index in [-0.39, 0.29) is 11.8 Å². The lowest BCUT2D eigenvalue weighted by atomic mass is 10.00. The number of carbonyl (C=O) groups is 2. The van der Waals surface area contributed by atoms with Crippen molar-refractivity contribution in [2.24, 2.45) is 0 Å². The SMILES string of the molecule is O=C(CN1CCN(C(=O)c2cc3c(s2)CCCCCC3)CC1)NC1CC1. The third kappa shape index (κ3) is 4.46. The third-order valence-corrected chi connectivity index (χ3v) is 6.90. The number of amides is 2. The first-order chi connectivity index (χ1) is 12.7. The summed E-state index contributed by atoms with van der Waals surface area (Å²) in [4.78, 5) is 31.3. The summed E-state index contributed by atoms with van der Waals surface area (Å²) in [5.74, 6) is 0.314. The molecule has 26 heavy (non-hydrogen) atoms. The smallest absolute Gasteiger partial charge is 0.264 e. The summed E-state index contributed by atoms with van der Waals surface area (Å²) >= 11 is 1.72. The molecule has 5 nitrogen and oxygen atoms in total. The van der Waals surface area contributed by atoms with E-state index in [4.69, 9.17) is 0 Å². The lowest BCUT2D eigenvalue weighted by Gasteiger charge is -2.34. The van der Waals surface area contributed by atoms with Gasteiger partial charge < -0.3 is 10.2 Å². The number of hydrogen-bond donors (Lipinski definition) is 1. The van der Waals surface area contributed by atoms with Gasteiger partial charge in [0.25, 0.3) is 5.91 Å². The molecule has 0 radical (unpaired) electrons. The molecule has 6 heteroatoms. The van der Waals surface area contributed by atoms with E-state index < -0.39 is 0 Å². The molecule has 2 heterocycles. The van der Waals surface area contributed by atoms with E-state index in [2.05, 4.69) is 16.3 Å². The van der Waals surface area contributed by atoms with Gasteiger partial charge in [0.1, 0.15) is 0 Å². The van der Waals surface area contributed by atoms with E-state index in [1.807, 2.05) is 4.90 Å². The Balaban J connectivity index is 1.30. The Bertz CT molecular complexity index is 635. The van der Waals surface area contributed by atoms with Gasteiger partial charge >= 0.3 is 0 Å². The van der Waals surface area contributed by atoms with Gasteiger partial charge in [0.15, 0.2) is 0 Å². The zero-order valence-electron chi connectivity index (χ0n) is 15.5. The standard InChI is InChI=1S/C20H29N3O2S/c24-19(21-16-7-8-16)14-22-9-11-23(12-10-22)20(25)18-13-15-5-3-1-2-4-6-17(15)26-18/h13,16H,1-12,14H2,(H,21,24). The summed E-state index contributed by atoms with van der Waals surface area (Å²) in [7, 11) is 0. The van der Waals surface area contributed by atoms with Crippen LogP contribution in [0.1, 0.15) is 58.6 Å². The van der Waals surface area contributed by atoms with Crippen molar-refractivity contribution in [3.05, 3.63) is 21.4 Å². The summed E-state index contributed by atoms with van der Waals surface area (Å²) in [6, 6.07) is 2.58. The fourth-order valence-corrected chi connectivity index (χ4v) is 5.14. The molecular weight excluding hydrogens is 346 g/mol. The molecule has 0 unspecified atom stereocenters. The van der Waals surface area contributed by atoms with E-state index in [0.29, 0.717) is 12.6 Å². The average Bonchev–Trinajstić information content (AvgIpc) is 3.34. The number of nitrogens with zero attached hydrogens (tertiary/aromatic N) is 2. The molecule has 0 aromatic carbocycles. The van der Waals surface area contributed by atoms with Crippen LogP contribution in [-0.2, 0) is 17.6 Å². The largest absolute Gasteiger partial charge is 0.352 e. The number of nitrogens with one attached hydrogen (secondary N) is 1. The highest BCUT2D eigenvalue weighted by atomic mass is 32.1. The highest BCUT2D eigenvalue weighted by molar-refractivity contribution is 7.14. The van der Waals surface area contributed by atoms with Crippen molar-refractivity contribution in [2.75, 3.05) is 32.7 Å². The highest BCUT2D eigenvalue weighted by Gasteiger charge is 2.27. The Labute approximate surface area is 159 Å². The van der Waals surface area contributed by atoms with Crippen molar-refractivity contribution in [2.45, 2.75) is 57.4 Å². The summed E-state index contributed by atoms with van der Waals surface area (Å²) in [6.45, 7) is 3.48. The number of aryl methyl sites for hydroxylation is 2. The first kappa shape index (κ1) is 18.0. The maximum absolute atomic E-state index is 12.9. The number of carbonyl (C=O) groups excluding carboxylic acids is 2. The van der Waals surface area contributed by atoms with Gasteiger partial charge in [-0.05, 0) is 50.2 Å². The van der Waals surface area contributed by atoms with E-state index >= 15 is 0 Å². The van der Waals surface area contributed by atoms with Crippen LogP contribution < -0.4 is 5.32 Å². The van der Waals surface area contributed by atoms with E-state index in [1.165, 1.54) is 36.1 Å². The predicted octanol–water partition coefficient (Wildman–Crippen LogP) is 2.44. The first-order valence-corrected chi connectivity index (χ1v) is 10.9. The van der Waals surface area contributed by atoms with Crippen LogP contribution >= 0.6 is 11.3 Å². The fraction of sp³-hybridized carbons (Fsp3) is 0.700. The number of hydrogen-bond acceptors (Lipinski definition) is 4. The molecule has 0 atom stereocenters. The minimum atomic E-state index is 0.130. The average molecular weight is 376 g/mol. The first-order valence-electron chi connectivity index (χ1n) is 10.1. The maximum atomic E-state index is 12.9. The van der Waals surface area contributed by atoms with Gasteiger partial charge in [0, 0.05) is 37.1 Å². The molecule has 0 bridgehead atoms. The lowest BCUT2D eigenvalue weighted by molar-refractivity contribution is -0.122. The van der Waals surface area contributed by atoms with Crippen LogP contribution in [0.5, 0.6) is 0 Å². The van der Waals surface area contributed by atoms with E-state index in [0.717, 1.165) is 56.7 Å². The monoisotopic (exact) mass is 375 g/mol. The van der Waals surface area contributed by atoms with Gasteiger partial charge in [-0.15, -0.1) is 11.3 Å². The number of thiophene rings is 1. The minimum Gasteiger partial charge on any atom is -0.352 e. The minimum absolute atomic E-state index is 0.130. The Hall–Kier alpha value is -1.40. The van der Waals surface area contributed by atoms with Gasteiger partial charge in [-0.3, -0.25) is 14.5 Å². The summed E-state index contributed by atoms with van der Waals surface area (Å²) in [5, 5.41) is 3.04. The van der Waals surface area contributed by atoms with Gasteiger partial charge in [-0.2, -0.15) is 0 Å². The van der Waals surface area contributed by atoms with Crippen LogP contribution in [0.25, 0.3) is 0 Å². The molecule has 2 fully saturated rings. The van der Waals surface area contributed by atoms with E-state index in [1.54, 1.807) is 11.3 Å². The Kier molecular flexibility index (Phi) is 5.60. The quantitative estimate of drug-likeness (QED) is 0.879. The predicted molar refractivity (Wildman–Crippen MR) is 104 cm³/mol. The Morgan fingerprint density at radius 3 is 2.50 bits per heavy atom. The van der Waals surface area contributed by atoms with Crippen molar-refractivity contribution in [3.8, 4) is 0 Å². The third-order valence-electron chi connectivity index (χ3n) is 5.68. The molecular formula is C20H29N3O2S. The maximum Gasteiger partial charge on any atom is 0.264 e. The fourth-order valence-electron chi connectivity index (χ4n) is 3.92. The molecule has 3 aliphatic rings. The number of rotatable bonds is 4. The molecule has 0 spiro atoms. The highest BCUT2D eigenvalue weighted by Crippen LogP contribution is 2.29. The van der Waals surface area contributed by atoms with Crippen molar-refractivity contribution >= 4 is 23.2 Å². The molecule has 1 saturated heterocycles. The van der Waals surface area contributed by atoms with Crippen LogP contribution in [-0.4, -0.2) is 60.4 Å². The van der Waals surface area contributed by atoms with Gasteiger partial charge in [0.05, 0.1) is 11.4 Å². The van der Waals surface area contributed by atoms with E-state index in [9.17, 15) is 9.59 Å². The summed E-state index contributed by atoms with van der Waals surface area (Å²) in [6.07, 6.45) is 9.64. The molecule has 1 aromatic heterocycles. The van der Waals surface area contributed by atoms with Crippen LogP contribution in [0.4, 0.5) is 0 Å². The van der Waals surface area contributed by atoms with Crippen molar-refractivity contribution in [1.29, 1.82) is 0 Å². The molecule has 142 valence electrons.